The number of hydrogen-bond donors (Lipinski definition) is 0. The molecule has 0 fully saturated rings. The number of hydrogen-bond acceptors (Lipinski definition) is 6. The molecule has 4 rings (SSSR count). The van der Waals surface area contributed by atoms with Crippen molar-refractivity contribution in [1.82, 2.24) is 24.6 Å². The van der Waals surface area contributed by atoms with Crippen LogP contribution in [0.3, 0.4) is 0 Å². The van der Waals surface area contributed by atoms with Crippen molar-refractivity contribution >= 4 is 28.8 Å². The Morgan fingerprint density at radius 2 is 1.96 bits per heavy atom. The molecule has 0 aliphatic carbocycles. The van der Waals surface area contributed by atoms with Gasteiger partial charge in [0.1, 0.15) is 5.52 Å². The SMILES string of the molecule is CCCSc1nnc2nc3oc(-c4ccccc4)nc3c(C)n12. The zero-order valence-corrected chi connectivity index (χ0v) is 13.7. The summed E-state index contributed by atoms with van der Waals surface area (Å²) >= 11 is 1.67. The second kappa shape index (κ2) is 5.66. The zero-order chi connectivity index (χ0) is 15.8. The van der Waals surface area contributed by atoms with E-state index in [4.69, 9.17) is 4.42 Å². The van der Waals surface area contributed by atoms with Crippen molar-refractivity contribution in [3.8, 4) is 11.5 Å². The number of nitrogens with zero attached hydrogens (tertiary/aromatic N) is 5. The number of thioether (sulfide) groups is 1. The normalized spacial score (nSPS) is 11.6. The number of fused-ring (bicyclic) bond motifs is 2. The molecule has 0 spiro atoms. The van der Waals surface area contributed by atoms with Crippen molar-refractivity contribution in [2.24, 2.45) is 0 Å². The Hall–Kier alpha value is -2.41. The minimum Gasteiger partial charge on any atom is -0.417 e. The lowest BCUT2D eigenvalue weighted by atomic mass is 10.2. The Morgan fingerprint density at radius 3 is 2.74 bits per heavy atom. The van der Waals surface area contributed by atoms with Gasteiger partial charge in [0.15, 0.2) is 5.16 Å². The third-order valence-corrected chi connectivity index (χ3v) is 4.70. The summed E-state index contributed by atoms with van der Waals surface area (Å²) in [4.78, 5) is 9.08. The Balaban J connectivity index is 1.90. The molecule has 6 nitrogen and oxygen atoms in total. The van der Waals surface area contributed by atoms with E-state index < -0.39 is 0 Å². The molecule has 0 saturated heterocycles. The van der Waals surface area contributed by atoms with Crippen LogP contribution in [-0.2, 0) is 0 Å². The van der Waals surface area contributed by atoms with Crippen molar-refractivity contribution in [3.05, 3.63) is 36.0 Å². The summed E-state index contributed by atoms with van der Waals surface area (Å²) in [6, 6.07) is 9.82. The first-order chi connectivity index (χ1) is 11.3. The van der Waals surface area contributed by atoms with E-state index in [9.17, 15) is 0 Å². The van der Waals surface area contributed by atoms with Gasteiger partial charge < -0.3 is 4.42 Å². The molecule has 0 radical (unpaired) electrons. The molecule has 116 valence electrons. The first-order valence-corrected chi connectivity index (χ1v) is 8.47. The maximum Gasteiger partial charge on any atom is 0.259 e. The van der Waals surface area contributed by atoms with E-state index in [1.54, 1.807) is 11.8 Å². The largest absolute Gasteiger partial charge is 0.417 e. The van der Waals surface area contributed by atoms with Gasteiger partial charge in [-0.15, -0.1) is 10.2 Å². The molecule has 0 saturated carbocycles. The topological polar surface area (TPSA) is 69.1 Å². The molecule has 23 heavy (non-hydrogen) atoms. The molecule has 0 atom stereocenters. The van der Waals surface area contributed by atoms with E-state index in [1.165, 1.54) is 0 Å². The summed E-state index contributed by atoms with van der Waals surface area (Å²) in [5, 5.41) is 9.22. The van der Waals surface area contributed by atoms with Gasteiger partial charge in [-0.3, -0.25) is 4.40 Å². The molecule has 1 aromatic carbocycles. The second-order valence-electron chi connectivity index (χ2n) is 5.20. The smallest absolute Gasteiger partial charge is 0.259 e. The molecule has 0 aliphatic heterocycles. The van der Waals surface area contributed by atoms with Crippen LogP contribution in [0, 0.1) is 6.92 Å². The van der Waals surface area contributed by atoms with Gasteiger partial charge in [0.25, 0.3) is 11.5 Å². The highest BCUT2D eigenvalue weighted by atomic mass is 32.2. The third-order valence-electron chi connectivity index (χ3n) is 3.56. The number of aryl methyl sites for hydroxylation is 1. The van der Waals surface area contributed by atoms with Gasteiger partial charge in [-0.05, 0) is 25.5 Å². The van der Waals surface area contributed by atoms with Crippen LogP contribution in [0.15, 0.2) is 39.9 Å². The van der Waals surface area contributed by atoms with Gasteiger partial charge >= 0.3 is 0 Å². The Morgan fingerprint density at radius 1 is 1.13 bits per heavy atom. The summed E-state index contributed by atoms with van der Waals surface area (Å²) in [5.41, 5.74) is 3.11. The van der Waals surface area contributed by atoms with Gasteiger partial charge in [0.05, 0.1) is 5.69 Å². The predicted octanol–water partition coefficient (Wildman–Crippen LogP) is 3.74. The van der Waals surface area contributed by atoms with Crippen LogP contribution in [0.5, 0.6) is 0 Å². The predicted molar refractivity (Wildman–Crippen MR) is 89.5 cm³/mol. The lowest BCUT2D eigenvalue weighted by Crippen LogP contribution is -1.97. The van der Waals surface area contributed by atoms with Gasteiger partial charge in [-0.1, -0.05) is 36.9 Å². The van der Waals surface area contributed by atoms with E-state index in [0.717, 1.165) is 34.1 Å². The van der Waals surface area contributed by atoms with Crippen LogP contribution >= 0.6 is 11.8 Å². The van der Waals surface area contributed by atoms with Crippen molar-refractivity contribution in [2.45, 2.75) is 25.4 Å². The van der Waals surface area contributed by atoms with Gasteiger partial charge in [-0.25, -0.2) is 4.98 Å². The highest BCUT2D eigenvalue weighted by Crippen LogP contribution is 2.27. The maximum atomic E-state index is 5.82. The number of oxazole rings is 1. The fourth-order valence-corrected chi connectivity index (χ4v) is 3.27. The van der Waals surface area contributed by atoms with E-state index in [1.807, 2.05) is 41.7 Å². The average molecular weight is 325 g/mol. The fourth-order valence-electron chi connectivity index (χ4n) is 2.44. The first kappa shape index (κ1) is 14.2. The molecule has 0 N–H and O–H groups in total. The molecule has 0 aliphatic rings. The summed E-state index contributed by atoms with van der Waals surface area (Å²) in [6.07, 6.45) is 1.08. The van der Waals surface area contributed by atoms with Crippen LogP contribution in [0.4, 0.5) is 0 Å². The van der Waals surface area contributed by atoms with Gasteiger partial charge in [-0.2, -0.15) is 4.98 Å². The lowest BCUT2D eigenvalue weighted by molar-refractivity contribution is 0.608. The van der Waals surface area contributed by atoms with Gasteiger partial charge in [0, 0.05) is 11.3 Å². The van der Waals surface area contributed by atoms with Gasteiger partial charge in [0.2, 0.25) is 5.89 Å². The first-order valence-electron chi connectivity index (χ1n) is 7.48. The molecular formula is C16H15N5OS. The molecule has 4 aromatic rings. The molecule has 7 heteroatoms. The molecule has 3 aromatic heterocycles. The zero-order valence-electron chi connectivity index (χ0n) is 12.9. The highest BCUT2D eigenvalue weighted by molar-refractivity contribution is 7.99. The van der Waals surface area contributed by atoms with E-state index >= 15 is 0 Å². The van der Waals surface area contributed by atoms with Crippen molar-refractivity contribution in [1.29, 1.82) is 0 Å². The van der Waals surface area contributed by atoms with Crippen LogP contribution in [-0.4, -0.2) is 30.3 Å². The van der Waals surface area contributed by atoms with Crippen LogP contribution < -0.4 is 0 Å². The molecular weight excluding hydrogens is 310 g/mol. The minimum absolute atomic E-state index is 0.494. The average Bonchev–Trinajstić information content (AvgIpc) is 3.18. The van der Waals surface area contributed by atoms with Crippen LogP contribution in [0.2, 0.25) is 0 Å². The van der Waals surface area contributed by atoms with Crippen LogP contribution in [0.1, 0.15) is 19.0 Å². The summed E-state index contributed by atoms with van der Waals surface area (Å²) < 4.78 is 7.77. The molecule has 0 bridgehead atoms. The van der Waals surface area contributed by atoms with Crippen LogP contribution in [0.25, 0.3) is 28.5 Å². The van der Waals surface area contributed by atoms with Crippen molar-refractivity contribution in [2.75, 3.05) is 5.75 Å². The van der Waals surface area contributed by atoms with Crippen molar-refractivity contribution < 1.29 is 4.42 Å². The molecule has 0 amide bonds. The monoisotopic (exact) mass is 325 g/mol. The quantitative estimate of drug-likeness (QED) is 0.532. The number of benzene rings is 1. The summed E-state index contributed by atoms with van der Waals surface area (Å²) in [6.45, 7) is 4.14. The van der Waals surface area contributed by atoms with E-state index in [0.29, 0.717) is 17.4 Å². The lowest BCUT2D eigenvalue weighted by Gasteiger charge is -2.01. The number of rotatable bonds is 4. The van der Waals surface area contributed by atoms with E-state index in [2.05, 4.69) is 27.1 Å². The maximum absolute atomic E-state index is 5.82. The summed E-state index contributed by atoms with van der Waals surface area (Å²) in [5.74, 6) is 2.11. The minimum atomic E-state index is 0.494. The standard InChI is InChI=1S/C16H15N5OS/c1-3-9-23-16-20-19-15-18-14-12(10(2)21(15)16)17-13(22-14)11-7-5-4-6-8-11/h4-8H,3,9H2,1-2H3. The second-order valence-corrected chi connectivity index (χ2v) is 6.26. The Kier molecular flexibility index (Phi) is 3.49. The van der Waals surface area contributed by atoms with Crippen molar-refractivity contribution in [3.63, 3.8) is 0 Å². The van der Waals surface area contributed by atoms with E-state index in [-0.39, 0.29) is 0 Å². The fraction of sp³-hybridized carbons (Fsp3) is 0.250. The Bertz CT molecular complexity index is 976. The summed E-state index contributed by atoms with van der Waals surface area (Å²) in [7, 11) is 0. The third kappa shape index (κ3) is 2.37. The Labute approximate surface area is 137 Å². The molecule has 3 heterocycles. The molecule has 0 unspecified atom stereocenters. The highest BCUT2D eigenvalue weighted by Gasteiger charge is 2.17. The number of aromatic nitrogens is 5.